The average molecular weight is 309 g/mol. The number of ether oxygens (including phenoxy) is 1. The highest BCUT2D eigenvalue weighted by atomic mass is 32.2. The van der Waals surface area contributed by atoms with E-state index in [2.05, 4.69) is 0 Å². The van der Waals surface area contributed by atoms with Gasteiger partial charge in [0.25, 0.3) is 10.1 Å². The summed E-state index contributed by atoms with van der Waals surface area (Å²) in [4.78, 5) is 22.5. The Morgan fingerprint density at radius 1 is 1.25 bits per heavy atom. The summed E-state index contributed by atoms with van der Waals surface area (Å²) in [7, 11) is -4.71. The summed E-state index contributed by atoms with van der Waals surface area (Å²) in [6.45, 7) is 3.84. The van der Waals surface area contributed by atoms with Gasteiger partial charge < -0.3 is 10.5 Å². The van der Waals surface area contributed by atoms with Gasteiger partial charge in [-0.15, -0.1) is 0 Å². The number of rotatable bonds is 10. The smallest absolute Gasteiger partial charge is 0.327 e. The summed E-state index contributed by atoms with van der Waals surface area (Å²) in [6, 6.07) is 0. The van der Waals surface area contributed by atoms with Gasteiger partial charge in [-0.1, -0.05) is 26.7 Å². The van der Waals surface area contributed by atoms with Crippen molar-refractivity contribution in [2.45, 2.75) is 63.7 Å². The molecule has 0 aromatic rings. The van der Waals surface area contributed by atoms with Crippen LogP contribution in [0, 0.1) is 0 Å². The predicted octanol–water partition coefficient (Wildman–Crippen LogP) is 1.02. The number of nitrogens with two attached hydrogens (primary N) is 1. The molecule has 7 nitrogen and oxygen atoms in total. The topological polar surface area (TPSA) is 124 Å². The number of primary amides is 1. The maximum atomic E-state index is 11.8. The van der Waals surface area contributed by atoms with Crippen molar-refractivity contribution in [1.29, 1.82) is 0 Å². The van der Waals surface area contributed by atoms with Crippen LogP contribution >= 0.6 is 0 Å². The van der Waals surface area contributed by atoms with Crippen LogP contribution < -0.4 is 5.73 Å². The first-order chi connectivity index (χ1) is 9.22. The second-order valence-corrected chi connectivity index (χ2v) is 6.24. The van der Waals surface area contributed by atoms with Gasteiger partial charge in [-0.25, -0.2) is 0 Å². The van der Waals surface area contributed by atoms with Gasteiger partial charge in [0, 0.05) is 0 Å². The Morgan fingerprint density at radius 3 is 2.25 bits per heavy atom. The van der Waals surface area contributed by atoms with E-state index >= 15 is 0 Å². The highest BCUT2D eigenvalue weighted by molar-refractivity contribution is 7.87. The lowest BCUT2D eigenvalue weighted by atomic mass is 10.1. The molecule has 0 aromatic heterocycles. The molecule has 0 saturated carbocycles. The molecule has 0 saturated heterocycles. The van der Waals surface area contributed by atoms with Crippen molar-refractivity contribution in [3.8, 4) is 0 Å². The number of hydrogen-bond donors (Lipinski definition) is 2. The zero-order chi connectivity index (χ0) is 15.8. The van der Waals surface area contributed by atoms with Crippen LogP contribution in [0.5, 0.6) is 0 Å². The zero-order valence-electron chi connectivity index (χ0n) is 11.9. The standard InChI is InChI=1S/C12H23NO6S/c1-3-5-6-7-9(4-2)19-12(15)10(8-11(13)14)20(16,17)18/h9-10H,3-8H2,1-2H3,(H2,13,14)(H,16,17,18). The molecule has 2 unspecified atom stereocenters. The van der Waals surface area contributed by atoms with Gasteiger partial charge in [0.15, 0.2) is 5.25 Å². The molecule has 20 heavy (non-hydrogen) atoms. The molecule has 0 bridgehead atoms. The van der Waals surface area contributed by atoms with Crippen molar-refractivity contribution < 1.29 is 27.3 Å². The van der Waals surface area contributed by atoms with Crippen LogP contribution in [0.25, 0.3) is 0 Å². The lowest BCUT2D eigenvalue weighted by Gasteiger charge is -2.19. The molecule has 2 atom stereocenters. The Labute approximate surface area is 119 Å². The van der Waals surface area contributed by atoms with E-state index in [9.17, 15) is 18.0 Å². The summed E-state index contributed by atoms with van der Waals surface area (Å²) >= 11 is 0. The first-order valence-corrected chi connectivity index (χ1v) is 8.17. The van der Waals surface area contributed by atoms with E-state index in [4.69, 9.17) is 15.0 Å². The number of amides is 1. The quantitative estimate of drug-likeness (QED) is 0.353. The van der Waals surface area contributed by atoms with Gasteiger partial charge in [0.1, 0.15) is 6.10 Å². The highest BCUT2D eigenvalue weighted by Crippen LogP contribution is 2.14. The van der Waals surface area contributed by atoms with Crippen LogP contribution in [0.3, 0.4) is 0 Å². The SMILES string of the molecule is CCCCCC(CC)OC(=O)C(CC(N)=O)S(=O)(=O)O. The summed E-state index contributed by atoms with van der Waals surface area (Å²) < 4.78 is 36.2. The van der Waals surface area contributed by atoms with Gasteiger partial charge in [0.2, 0.25) is 5.91 Å². The van der Waals surface area contributed by atoms with E-state index < -0.39 is 39.8 Å². The third kappa shape index (κ3) is 7.44. The van der Waals surface area contributed by atoms with Crippen LogP contribution in [-0.4, -0.2) is 36.2 Å². The molecule has 0 radical (unpaired) electrons. The Kier molecular flexibility index (Phi) is 8.40. The van der Waals surface area contributed by atoms with Crippen LogP contribution in [0.1, 0.15) is 52.4 Å². The Hall–Kier alpha value is -1.15. The van der Waals surface area contributed by atoms with Gasteiger partial charge in [-0.2, -0.15) is 8.42 Å². The molecule has 0 spiro atoms. The number of carbonyl (C=O) groups is 2. The summed E-state index contributed by atoms with van der Waals surface area (Å²) in [5.41, 5.74) is 4.87. The van der Waals surface area contributed by atoms with E-state index in [-0.39, 0.29) is 0 Å². The third-order valence-corrected chi connectivity index (χ3v) is 3.96. The molecule has 0 aliphatic rings. The molecule has 8 heteroatoms. The number of esters is 1. The zero-order valence-corrected chi connectivity index (χ0v) is 12.7. The normalized spacial score (nSPS) is 14.6. The van der Waals surface area contributed by atoms with Crippen molar-refractivity contribution in [3.05, 3.63) is 0 Å². The molecule has 0 aliphatic heterocycles. The maximum Gasteiger partial charge on any atom is 0.327 e. The van der Waals surface area contributed by atoms with E-state index in [1.165, 1.54) is 0 Å². The first kappa shape index (κ1) is 18.9. The lowest BCUT2D eigenvalue weighted by molar-refractivity contribution is -0.150. The largest absolute Gasteiger partial charge is 0.461 e. The molecule has 118 valence electrons. The summed E-state index contributed by atoms with van der Waals surface area (Å²) in [5.74, 6) is -2.13. The number of hydrogen-bond acceptors (Lipinski definition) is 5. The molecule has 1 amide bonds. The Balaban J connectivity index is 4.68. The van der Waals surface area contributed by atoms with Gasteiger partial charge in [-0.3, -0.25) is 14.1 Å². The van der Waals surface area contributed by atoms with E-state index in [1.54, 1.807) is 6.92 Å². The minimum atomic E-state index is -4.71. The molecule has 0 aliphatic carbocycles. The fourth-order valence-corrected chi connectivity index (χ4v) is 2.38. The second kappa shape index (κ2) is 8.91. The van der Waals surface area contributed by atoms with Gasteiger partial charge in [0.05, 0.1) is 6.42 Å². The second-order valence-electron chi connectivity index (χ2n) is 4.64. The summed E-state index contributed by atoms with van der Waals surface area (Å²) in [5, 5.41) is -1.94. The van der Waals surface area contributed by atoms with Crippen molar-refractivity contribution in [2.24, 2.45) is 5.73 Å². The predicted molar refractivity (Wildman–Crippen MR) is 73.5 cm³/mol. The van der Waals surface area contributed by atoms with Crippen LogP contribution in [0.4, 0.5) is 0 Å². The molecule has 0 heterocycles. The fourth-order valence-electron chi connectivity index (χ4n) is 1.70. The van der Waals surface area contributed by atoms with E-state index in [1.807, 2.05) is 6.92 Å². The summed E-state index contributed by atoms with van der Waals surface area (Å²) in [6.07, 6.45) is 2.79. The molecule has 0 fully saturated rings. The minimum Gasteiger partial charge on any atom is -0.461 e. The van der Waals surface area contributed by atoms with Crippen LogP contribution in [0.15, 0.2) is 0 Å². The monoisotopic (exact) mass is 309 g/mol. The third-order valence-electron chi connectivity index (χ3n) is 2.88. The maximum absolute atomic E-state index is 11.8. The van der Waals surface area contributed by atoms with Crippen molar-refractivity contribution in [2.75, 3.05) is 0 Å². The van der Waals surface area contributed by atoms with Crippen molar-refractivity contribution in [3.63, 3.8) is 0 Å². The highest BCUT2D eigenvalue weighted by Gasteiger charge is 2.35. The van der Waals surface area contributed by atoms with Crippen LogP contribution in [-0.2, 0) is 24.4 Å². The Morgan fingerprint density at radius 2 is 1.85 bits per heavy atom. The molecular formula is C12H23NO6S. The minimum absolute atomic E-state index is 0.425. The van der Waals surface area contributed by atoms with Crippen molar-refractivity contribution in [1.82, 2.24) is 0 Å². The van der Waals surface area contributed by atoms with Gasteiger partial charge >= 0.3 is 5.97 Å². The molecular weight excluding hydrogens is 286 g/mol. The average Bonchev–Trinajstić information content (AvgIpc) is 2.33. The number of carbonyl (C=O) groups excluding carboxylic acids is 2. The first-order valence-electron chi connectivity index (χ1n) is 6.67. The Bertz CT molecular complexity index is 420. The molecule has 0 aromatic carbocycles. The van der Waals surface area contributed by atoms with Crippen molar-refractivity contribution >= 4 is 22.0 Å². The van der Waals surface area contributed by atoms with Gasteiger partial charge in [-0.05, 0) is 19.3 Å². The molecule has 0 rings (SSSR count). The molecule has 3 N–H and O–H groups in total. The lowest BCUT2D eigenvalue weighted by Crippen LogP contribution is -2.37. The van der Waals surface area contributed by atoms with E-state index in [0.717, 1.165) is 19.3 Å². The van der Waals surface area contributed by atoms with E-state index in [0.29, 0.717) is 12.8 Å². The number of unbranched alkanes of at least 4 members (excludes halogenated alkanes) is 2. The fraction of sp³-hybridized carbons (Fsp3) is 0.833. The van der Waals surface area contributed by atoms with Crippen LogP contribution in [0.2, 0.25) is 0 Å².